The van der Waals surface area contributed by atoms with Gasteiger partial charge in [-0.25, -0.2) is 13.6 Å². The molecule has 1 heterocycles. The van der Waals surface area contributed by atoms with E-state index in [-0.39, 0.29) is 16.7 Å². The van der Waals surface area contributed by atoms with E-state index in [1.54, 1.807) is 48.5 Å². The molecule has 0 saturated carbocycles. The maximum atomic E-state index is 12.6. The van der Waals surface area contributed by atoms with Crippen molar-refractivity contribution in [3.05, 3.63) is 82.0 Å². The van der Waals surface area contributed by atoms with Crippen molar-refractivity contribution in [2.24, 2.45) is 5.14 Å². The van der Waals surface area contributed by atoms with Crippen molar-refractivity contribution in [1.82, 2.24) is 5.32 Å². The van der Waals surface area contributed by atoms with Crippen molar-refractivity contribution >= 4 is 38.9 Å². The molecule has 2 amide bonds. The SMILES string of the molecule is NS(=O)(=O)c1ccc(CCNC(=O)c2ccccc2NC(=O)c2cccs2)cc1. The molecule has 150 valence electrons. The van der Waals surface area contributed by atoms with Gasteiger partial charge in [0.2, 0.25) is 10.0 Å². The highest BCUT2D eigenvalue weighted by atomic mass is 32.2. The minimum absolute atomic E-state index is 0.0423. The minimum atomic E-state index is -3.72. The Morgan fingerprint density at radius 3 is 2.31 bits per heavy atom. The molecule has 0 atom stereocenters. The van der Waals surface area contributed by atoms with Crippen LogP contribution in [0.5, 0.6) is 0 Å². The second-order valence-electron chi connectivity index (χ2n) is 6.17. The molecular weight excluding hydrogens is 410 g/mol. The number of rotatable bonds is 7. The molecule has 0 unspecified atom stereocenters. The number of carbonyl (C=O) groups is 2. The summed E-state index contributed by atoms with van der Waals surface area (Å²) in [7, 11) is -3.72. The third kappa shape index (κ3) is 5.50. The molecule has 0 aliphatic rings. The lowest BCUT2D eigenvalue weighted by molar-refractivity contribution is 0.0955. The second kappa shape index (κ2) is 8.99. The second-order valence-corrected chi connectivity index (χ2v) is 8.68. The number of hydrogen-bond acceptors (Lipinski definition) is 5. The van der Waals surface area contributed by atoms with Crippen molar-refractivity contribution in [2.75, 3.05) is 11.9 Å². The average molecular weight is 430 g/mol. The number of hydrogen-bond donors (Lipinski definition) is 3. The summed E-state index contributed by atoms with van der Waals surface area (Å²) in [6.07, 6.45) is 0.514. The number of thiophene rings is 1. The van der Waals surface area contributed by atoms with Crippen molar-refractivity contribution in [2.45, 2.75) is 11.3 Å². The highest BCUT2D eigenvalue weighted by molar-refractivity contribution is 7.89. The number of carbonyl (C=O) groups excluding carboxylic acids is 2. The Hall–Kier alpha value is -3.01. The third-order valence-electron chi connectivity index (χ3n) is 4.12. The largest absolute Gasteiger partial charge is 0.352 e. The fourth-order valence-corrected chi connectivity index (χ4v) is 3.78. The first-order chi connectivity index (χ1) is 13.8. The first-order valence-corrected chi connectivity index (χ1v) is 11.1. The van der Waals surface area contributed by atoms with E-state index in [0.29, 0.717) is 29.1 Å². The van der Waals surface area contributed by atoms with Crippen LogP contribution in [0.3, 0.4) is 0 Å². The van der Waals surface area contributed by atoms with Crippen LogP contribution in [0.2, 0.25) is 0 Å². The Bertz CT molecular complexity index is 1110. The Morgan fingerprint density at radius 1 is 0.931 bits per heavy atom. The van der Waals surface area contributed by atoms with Gasteiger partial charge in [0.05, 0.1) is 21.0 Å². The van der Waals surface area contributed by atoms with Crippen LogP contribution in [0.15, 0.2) is 70.9 Å². The minimum Gasteiger partial charge on any atom is -0.352 e. The molecule has 0 aliphatic heterocycles. The Labute approximate surface area is 172 Å². The Kier molecular flexibility index (Phi) is 6.42. The van der Waals surface area contributed by atoms with E-state index in [4.69, 9.17) is 5.14 Å². The highest BCUT2D eigenvalue weighted by Crippen LogP contribution is 2.18. The molecule has 3 aromatic rings. The van der Waals surface area contributed by atoms with Crippen LogP contribution in [0.25, 0.3) is 0 Å². The van der Waals surface area contributed by atoms with Gasteiger partial charge >= 0.3 is 0 Å². The fourth-order valence-electron chi connectivity index (χ4n) is 2.64. The summed E-state index contributed by atoms with van der Waals surface area (Å²) in [6, 6.07) is 16.5. The van der Waals surface area contributed by atoms with E-state index >= 15 is 0 Å². The monoisotopic (exact) mass is 429 g/mol. The average Bonchev–Trinajstić information content (AvgIpc) is 3.23. The first-order valence-electron chi connectivity index (χ1n) is 8.68. The molecule has 0 bridgehead atoms. The summed E-state index contributed by atoms with van der Waals surface area (Å²) in [5.41, 5.74) is 1.65. The molecule has 2 aromatic carbocycles. The summed E-state index contributed by atoms with van der Waals surface area (Å²) >= 11 is 1.32. The summed E-state index contributed by atoms with van der Waals surface area (Å²) in [5, 5.41) is 12.5. The van der Waals surface area contributed by atoms with Gasteiger partial charge in [0.25, 0.3) is 11.8 Å². The number of nitrogens with two attached hydrogens (primary N) is 1. The van der Waals surface area contributed by atoms with E-state index in [1.165, 1.54) is 23.5 Å². The molecule has 0 spiro atoms. The van der Waals surface area contributed by atoms with Crippen molar-refractivity contribution in [3.8, 4) is 0 Å². The number of primary sulfonamides is 1. The van der Waals surface area contributed by atoms with E-state index < -0.39 is 10.0 Å². The molecule has 3 rings (SSSR count). The van der Waals surface area contributed by atoms with Gasteiger partial charge in [0.15, 0.2) is 0 Å². The van der Waals surface area contributed by atoms with Gasteiger partial charge in [-0.1, -0.05) is 30.3 Å². The van der Waals surface area contributed by atoms with E-state index in [9.17, 15) is 18.0 Å². The lowest BCUT2D eigenvalue weighted by atomic mass is 10.1. The molecule has 0 radical (unpaired) electrons. The van der Waals surface area contributed by atoms with Crippen molar-refractivity contribution in [3.63, 3.8) is 0 Å². The van der Waals surface area contributed by atoms with Crippen molar-refractivity contribution in [1.29, 1.82) is 0 Å². The van der Waals surface area contributed by atoms with Gasteiger partial charge < -0.3 is 10.6 Å². The van der Waals surface area contributed by atoms with Crippen LogP contribution in [-0.2, 0) is 16.4 Å². The van der Waals surface area contributed by atoms with Gasteiger partial charge in [-0.15, -0.1) is 11.3 Å². The summed E-state index contributed by atoms with van der Waals surface area (Å²) in [4.78, 5) is 25.4. The van der Waals surface area contributed by atoms with E-state index in [0.717, 1.165) is 5.56 Å². The number of para-hydroxylation sites is 1. The number of benzene rings is 2. The van der Waals surface area contributed by atoms with Gasteiger partial charge in [-0.3, -0.25) is 9.59 Å². The number of anilines is 1. The maximum Gasteiger partial charge on any atom is 0.265 e. The van der Waals surface area contributed by atoms with E-state index in [1.807, 2.05) is 5.38 Å². The zero-order chi connectivity index (χ0) is 20.9. The molecule has 0 fully saturated rings. The van der Waals surface area contributed by atoms with Gasteiger partial charge in [0.1, 0.15) is 0 Å². The van der Waals surface area contributed by atoms with Crippen LogP contribution >= 0.6 is 11.3 Å². The standard InChI is InChI=1S/C20H19N3O4S2/c21-29(26,27)15-9-7-14(8-10-15)11-12-22-19(24)16-4-1-2-5-17(16)23-20(25)18-6-3-13-28-18/h1-10,13H,11-12H2,(H,22,24)(H,23,25)(H2,21,26,27). The molecular formula is C20H19N3O4S2. The smallest absolute Gasteiger partial charge is 0.265 e. The summed E-state index contributed by atoms with van der Waals surface area (Å²) in [6.45, 7) is 0.348. The van der Waals surface area contributed by atoms with Crippen molar-refractivity contribution < 1.29 is 18.0 Å². The van der Waals surface area contributed by atoms with Gasteiger partial charge in [-0.2, -0.15) is 0 Å². The lowest BCUT2D eigenvalue weighted by Crippen LogP contribution is -2.27. The molecule has 1 aromatic heterocycles. The number of sulfonamides is 1. The predicted molar refractivity (Wildman–Crippen MR) is 113 cm³/mol. The Morgan fingerprint density at radius 2 is 1.66 bits per heavy atom. The quantitative estimate of drug-likeness (QED) is 0.535. The molecule has 7 nitrogen and oxygen atoms in total. The van der Waals surface area contributed by atoms with Crippen LogP contribution in [-0.4, -0.2) is 26.8 Å². The van der Waals surface area contributed by atoms with Crippen LogP contribution < -0.4 is 15.8 Å². The maximum absolute atomic E-state index is 12.6. The summed E-state index contributed by atoms with van der Waals surface area (Å²) in [5.74, 6) is -0.580. The molecule has 0 saturated heterocycles. The lowest BCUT2D eigenvalue weighted by Gasteiger charge is -2.11. The summed E-state index contributed by atoms with van der Waals surface area (Å²) < 4.78 is 22.6. The highest BCUT2D eigenvalue weighted by Gasteiger charge is 2.14. The number of amides is 2. The molecule has 0 aliphatic carbocycles. The van der Waals surface area contributed by atoms with Gasteiger partial charge in [0, 0.05) is 6.54 Å². The topological polar surface area (TPSA) is 118 Å². The first kappa shape index (κ1) is 20.7. The fraction of sp³-hybridized carbons (Fsp3) is 0.100. The van der Waals surface area contributed by atoms with Crippen LogP contribution in [0.1, 0.15) is 25.6 Å². The third-order valence-corrected chi connectivity index (χ3v) is 5.91. The molecule has 9 heteroatoms. The van der Waals surface area contributed by atoms with Crippen LogP contribution in [0.4, 0.5) is 5.69 Å². The van der Waals surface area contributed by atoms with E-state index in [2.05, 4.69) is 10.6 Å². The Balaban J connectivity index is 1.60. The zero-order valence-electron chi connectivity index (χ0n) is 15.3. The molecule has 29 heavy (non-hydrogen) atoms. The predicted octanol–water partition coefficient (Wildman–Crippen LogP) is 2.62. The van der Waals surface area contributed by atoms with Gasteiger partial charge in [-0.05, 0) is 47.7 Å². The number of nitrogens with one attached hydrogen (secondary N) is 2. The zero-order valence-corrected chi connectivity index (χ0v) is 16.9. The molecule has 4 N–H and O–H groups in total. The normalized spacial score (nSPS) is 11.1. The van der Waals surface area contributed by atoms with Crippen LogP contribution in [0, 0.1) is 0 Å².